The van der Waals surface area contributed by atoms with Gasteiger partial charge in [-0.3, -0.25) is 4.79 Å². The Kier molecular flexibility index (Phi) is 7.33. The van der Waals surface area contributed by atoms with E-state index < -0.39 is 11.7 Å². The highest BCUT2D eigenvalue weighted by atomic mass is 35.5. The molecule has 182 valence electrons. The predicted octanol–water partition coefficient (Wildman–Crippen LogP) is 5.14. The molecular formula is C24H28Cl2N4O4. The molecule has 2 N–H and O–H groups in total. The highest BCUT2D eigenvalue weighted by molar-refractivity contribution is 6.36. The number of carbonyl (C=O) groups is 2. The van der Waals surface area contributed by atoms with Crippen molar-refractivity contribution in [2.75, 3.05) is 14.1 Å². The molecule has 0 aliphatic carbocycles. The molecule has 0 saturated heterocycles. The molecule has 3 aromatic rings. The topological polar surface area (TPSA) is 96.7 Å². The van der Waals surface area contributed by atoms with Gasteiger partial charge in [0.05, 0.1) is 0 Å². The first kappa shape index (κ1) is 25.6. The molecule has 2 amide bonds. The van der Waals surface area contributed by atoms with Crippen molar-refractivity contribution in [3.05, 3.63) is 45.7 Å². The lowest BCUT2D eigenvalue weighted by molar-refractivity contribution is -0.129. The van der Waals surface area contributed by atoms with Crippen LogP contribution in [0.2, 0.25) is 10.0 Å². The molecule has 0 aliphatic heterocycles. The number of pyridine rings is 1. The van der Waals surface area contributed by atoms with E-state index >= 15 is 0 Å². The summed E-state index contributed by atoms with van der Waals surface area (Å²) in [4.78, 5) is 30.6. The first-order chi connectivity index (χ1) is 15.8. The maximum Gasteiger partial charge on any atom is 0.407 e. The molecule has 0 aliphatic rings. The monoisotopic (exact) mass is 506 g/mol. The molecule has 3 rings (SSSR count). The number of likely N-dealkylation sites (N-methyl/N-ethyl adjacent to an activating group) is 1. The molecule has 0 unspecified atom stereocenters. The standard InChI is InChI=1S/C24H28Cl2N4O4/c1-13-16(10-27-23(33)34-24(2,3)4)20(15-8-7-14(25)9-18(15)26)17-11-30(12-19(31)29(5)6)22(32)21(17)28-13/h7-9,11,32H,10,12H2,1-6H3,(H,27,33). The summed E-state index contributed by atoms with van der Waals surface area (Å²) >= 11 is 12.7. The number of alkyl carbamates (subject to hydrolysis) is 1. The second kappa shape index (κ2) is 9.72. The maximum atomic E-state index is 12.3. The minimum atomic E-state index is -0.647. The molecule has 34 heavy (non-hydrogen) atoms. The Bertz CT molecular complexity index is 1260. The summed E-state index contributed by atoms with van der Waals surface area (Å²) in [7, 11) is 3.29. The number of ether oxygens (including phenoxy) is 1. The van der Waals surface area contributed by atoms with Gasteiger partial charge in [0.15, 0.2) is 0 Å². The number of fused-ring (bicyclic) bond motifs is 1. The Morgan fingerprint density at radius 1 is 1.24 bits per heavy atom. The van der Waals surface area contributed by atoms with E-state index in [9.17, 15) is 14.7 Å². The van der Waals surface area contributed by atoms with Gasteiger partial charge < -0.3 is 24.6 Å². The lowest BCUT2D eigenvalue weighted by Gasteiger charge is -2.21. The van der Waals surface area contributed by atoms with Gasteiger partial charge in [-0.1, -0.05) is 29.3 Å². The largest absolute Gasteiger partial charge is 0.493 e. The van der Waals surface area contributed by atoms with Crippen LogP contribution in [0.4, 0.5) is 4.79 Å². The van der Waals surface area contributed by atoms with E-state index in [1.54, 1.807) is 66.2 Å². The second-order valence-corrected chi connectivity index (χ2v) is 10.0. The van der Waals surface area contributed by atoms with Gasteiger partial charge in [-0.05, 0) is 39.8 Å². The zero-order chi connectivity index (χ0) is 25.4. The first-order valence-electron chi connectivity index (χ1n) is 10.6. The van der Waals surface area contributed by atoms with Crippen LogP contribution in [-0.2, 0) is 22.6 Å². The van der Waals surface area contributed by atoms with E-state index in [1.165, 1.54) is 9.47 Å². The SMILES string of the molecule is Cc1nc2c(O)n(CC(=O)N(C)C)cc2c(-c2ccc(Cl)cc2Cl)c1CNC(=O)OC(C)(C)C. The van der Waals surface area contributed by atoms with Crippen LogP contribution >= 0.6 is 23.2 Å². The molecule has 1 aromatic carbocycles. The maximum absolute atomic E-state index is 12.3. The highest BCUT2D eigenvalue weighted by Crippen LogP contribution is 2.41. The third-order valence-electron chi connectivity index (χ3n) is 5.12. The number of hydrogen-bond donors (Lipinski definition) is 2. The fraction of sp³-hybridized carbons (Fsp3) is 0.375. The van der Waals surface area contributed by atoms with Gasteiger partial charge in [-0.2, -0.15) is 0 Å². The van der Waals surface area contributed by atoms with Crippen molar-refractivity contribution in [2.24, 2.45) is 0 Å². The van der Waals surface area contributed by atoms with Gasteiger partial charge in [0.1, 0.15) is 17.7 Å². The minimum absolute atomic E-state index is 0.0620. The number of aromatic nitrogens is 2. The summed E-state index contributed by atoms with van der Waals surface area (Å²) in [6, 6.07) is 5.11. The number of nitrogens with one attached hydrogen (secondary N) is 1. The molecule has 0 saturated carbocycles. The third kappa shape index (κ3) is 5.56. The molecular weight excluding hydrogens is 479 g/mol. The average molecular weight is 507 g/mol. The molecule has 0 bridgehead atoms. The van der Waals surface area contributed by atoms with Crippen molar-refractivity contribution in [3.8, 4) is 17.0 Å². The van der Waals surface area contributed by atoms with Crippen molar-refractivity contribution < 1.29 is 19.4 Å². The van der Waals surface area contributed by atoms with Crippen LogP contribution in [0.5, 0.6) is 5.88 Å². The number of rotatable bonds is 5. The number of amides is 2. The molecule has 2 aromatic heterocycles. The van der Waals surface area contributed by atoms with Crippen LogP contribution in [0.15, 0.2) is 24.4 Å². The molecule has 0 atom stereocenters. The second-order valence-electron chi connectivity index (χ2n) is 9.16. The summed E-state index contributed by atoms with van der Waals surface area (Å²) in [6.45, 7) is 7.18. The van der Waals surface area contributed by atoms with Gasteiger partial charge in [-0.25, -0.2) is 9.78 Å². The van der Waals surface area contributed by atoms with Crippen LogP contribution in [0.25, 0.3) is 22.0 Å². The van der Waals surface area contributed by atoms with Crippen LogP contribution in [-0.4, -0.2) is 51.3 Å². The Morgan fingerprint density at radius 3 is 2.50 bits per heavy atom. The van der Waals surface area contributed by atoms with Crippen LogP contribution in [0.1, 0.15) is 32.0 Å². The first-order valence-corrected chi connectivity index (χ1v) is 11.4. The summed E-state index contributed by atoms with van der Waals surface area (Å²) in [5.74, 6) is -0.323. The van der Waals surface area contributed by atoms with E-state index in [1.807, 2.05) is 0 Å². The van der Waals surface area contributed by atoms with Crippen molar-refractivity contribution in [2.45, 2.75) is 46.4 Å². The Hall–Kier alpha value is -2.97. The van der Waals surface area contributed by atoms with Crippen molar-refractivity contribution >= 4 is 46.1 Å². The zero-order valence-corrected chi connectivity index (χ0v) is 21.5. The quantitative estimate of drug-likeness (QED) is 0.499. The van der Waals surface area contributed by atoms with Gasteiger partial charge >= 0.3 is 6.09 Å². The van der Waals surface area contributed by atoms with Crippen LogP contribution < -0.4 is 5.32 Å². The molecule has 8 nitrogen and oxygen atoms in total. The van der Waals surface area contributed by atoms with Gasteiger partial charge in [-0.15, -0.1) is 0 Å². The fourth-order valence-electron chi connectivity index (χ4n) is 3.51. The smallest absolute Gasteiger partial charge is 0.407 e. The van der Waals surface area contributed by atoms with Crippen LogP contribution in [0.3, 0.4) is 0 Å². The number of benzene rings is 1. The van der Waals surface area contributed by atoms with E-state index in [2.05, 4.69) is 10.3 Å². The number of hydrogen-bond acceptors (Lipinski definition) is 5. The highest BCUT2D eigenvalue weighted by Gasteiger charge is 2.24. The number of halogens is 2. The minimum Gasteiger partial charge on any atom is -0.493 e. The van der Waals surface area contributed by atoms with Gasteiger partial charge in [0.25, 0.3) is 0 Å². The van der Waals surface area contributed by atoms with Gasteiger partial charge in [0, 0.05) is 64.7 Å². The molecule has 10 heteroatoms. The predicted molar refractivity (Wildman–Crippen MR) is 133 cm³/mol. The average Bonchev–Trinajstić information content (AvgIpc) is 3.00. The fourth-order valence-corrected chi connectivity index (χ4v) is 4.01. The Balaban J connectivity index is 2.19. The number of aromatic hydroxyl groups is 1. The summed E-state index contributed by atoms with van der Waals surface area (Å²) < 4.78 is 6.80. The zero-order valence-electron chi connectivity index (χ0n) is 20.0. The summed E-state index contributed by atoms with van der Waals surface area (Å²) in [6.07, 6.45) is 1.09. The summed E-state index contributed by atoms with van der Waals surface area (Å²) in [5.41, 5.74) is 2.28. The molecule has 2 heterocycles. The normalized spacial score (nSPS) is 11.5. The van der Waals surface area contributed by atoms with Crippen molar-refractivity contribution in [1.29, 1.82) is 0 Å². The third-order valence-corrected chi connectivity index (χ3v) is 5.67. The Labute approximate surface area is 208 Å². The van der Waals surface area contributed by atoms with E-state index in [4.69, 9.17) is 27.9 Å². The van der Waals surface area contributed by atoms with E-state index in [0.29, 0.717) is 43.3 Å². The lowest BCUT2D eigenvalue weighted by Crippen LogP contribution is -2.32. The number of aryl methyl sites for hydroxylation is 1. The molecule has 0 radical (unpaired) electrons. The molecule has 0 spiro atoms. The van der Waals surface area contributed by atoms with E-state index in [-0.39, 0.29) is 24.9 Å². The van der Waals surface area contributed by atoms with Crippen molar-refractivity contribution in [1.82, 2.24) is 19.8 Å². The summed E-state index contributed by atoms with van der Waals surface area (Å²) in [5, 5.41) is 15.1. The van der Waals surface area contributed by atoms with Crippen molar-refractivity contribution in [3.63, 3.8) is 0 Å². The van der Waals surface area contributed by atoms with Crippen LogP contribution in [0, 0.1) is 6.92 Å². The van der Waals surface area contributed by atoms with Gasteiger partial charge in [0.2, 0.25) is 11.8 Å². The number of carbonyl (C=O) groups excluding carboxylic acids is 2. The Morgan fingerprint density at radius 2 is 1.91 bits per heavy atom. The number of nitrogens with zero attached hydrogens (tertiary/aromatic N) is 3. The van der Waals surface area contributed by atoms with E-state index in [0.717, 1.165) is 0 Å². The lowest BCUT2D eigenvalue weighted by atomic mass is 9.95. The molecule has 0 fully saturated rings.